The third-order valence-corrected chi connectivity index (χ3v) is 6.49. The summed E-state index contributed by atoms with van der Waals surface area (Å²) in [6.07, 6.45) is 8.08. The number of nitrogens with zero attached hydrogens (tertiary/aromatic N) is 4. The molecule has 5 heteroatoms. The number of likely N-dealkylation sites (tertiary alicyclic amines) is 1. The molecule has 1 aromatic rings. The van der Waals surface area contributed by atoms with Crippen molar-refractivity contribution < 1.29 is 4.74 Å². The Labute approximate surface area is 177 Å². The van der Waals surface area contributed by atoms with E-state index in [2.05, 4.69) is 26.6 Å². The van der Waals surface area contributed by atoms with Gasteiger partial charge in [0.1, 0.15) is 5.75 Å². The molecule has 0 aromatic heterocycles. The highest BCUT2D eigenvalue weighted by atomic mass is 16.5. The summed E-state index contributed by atoms with van der Waals surface area (Å²) in [5.41, 5.74) is 0.664. The lowest BCUT2D eigenvalue weighted by Gasteiger charge is -2.35. The van der Waals surface area contributed by atoms with Gasteiger partial charge in [-0.25, -0.2) is 4.85 Å². The second-order valence-corrected chi connectivity index (χ2v) is 8.73. The van der Waals surface area contributed by atoms with Crippen LogP contribution in [0.25, 0.3) is 4.85 Å². The van der Waals surface area contributed by atoms with Gasteiger partial charge in [-0.05, 0) is 70.4 Å². The molecule has 2 aliphatic rings. The molecule has 0 N–H and O–H groups in total. The second-order valence-electron chi connectivity index (χ2n) is 8.73. The number of piperidine rings is 1. The van der Waals surface area contributed by atoms with E-state index >= 15 is 0 Å². The summed E-state index contributed by atoms with van der Waals surface area (Å²) in [6, 6.07) is 7.41. The van der Waals surface area contributed by atoms with Gasteiger partial charge in [-0.3, -0.25) is 0 Å². The molecule has 0 atom stereocenters. The number of hydrogen-bond donors (Lipinski definition) is 0. The molecule has 2 aliphatic heterocycles. The minimum atomic E-state index is 0.664. The van der Waals surface area contributed by atoms with E-state index in [9.17, 15) is 0 Å². The monoisotopic (exact) mass is 398 g/mol. The highest BCUT2D eigenvalue weighted by molar-refractivity contribution is 5.46. The zero-order chi connectivity index (χ0) is 20.3. The number of unbranched alkanes of at least 4 members (excludes halogenated alkanes) is 1. The first-order valence-corrected chi connectivity index (χ1v) is 11.5. The van der Waals surface area contributed by atoms with Crippen LogP contribution in [0.5, 0.6) is 5.75 Å². The first-order chi connectivity index (χ1) is 14.2. The van der Waals surface area contributed by atoms with E-state index in [1.165, 1.54) is 77.9 Å². The van der Waals surface area contributed by atoms with Crippen molar-refractivity contribution in [1.29, 1.82) is 0 Å². The molecular formula is C24H38N4O. The fourth-order valence-corrected chi connectivity index (χ4v) is 4.45. The van der Waals surface area contributed by atoms with Gasteiger partial charge in [0, 0.05) is 32.7 Å². The largest absolute Gasteiger partial charge is 0.494 e. The van der Waals surface area contributed by atoms with Crippen LogP contribution in [0.2, 0.25) is 0 Å². The number of ether oxygens (including phenoxy) is 1. The Morgan fingerprint density at radius 1 is 0.897 bits per heavy atom. The van der Waals surface area contributed by atoms with Gasteiger partial charge in [0.15, 0.2) is 5.69 Å². The topological polar surface area (TPSA) is 23.3 Å². The lowest BCUT2D eigenvalue weighted by Crippen LogP contribution is -2.46. The van der Waals surface area contributed by atoms with E-state index in [-0.39, 0.29) is 0 Å². The Bertz CT molecular complexity index is 611. The quantitative estimate of drug-likeness (QED) is 0.437. The molecule has 5 nitrogen and oxygen atoms in total. The van der Waals surface area contributed by atoms with Gasteiger partial charge in [0.05, 0.1) is 13.2 Å². The number of piperazine rings is 1. The van der Waals surface area contributed by atoms with Crippen molar-refractivity contribution >= 4 is 5.69 Å². The van der Waals surface area contributed by atoms with Crippen LogP contribution in [0.3, 0.4) is 0 Å². The van der Waals surface area contributed by atoms with Crippen LogP contribution < -0.4 is 4.74 Å². The summed E-state index contributed by atoms with van der Waals surface area (Å²) >= 11 is 0. The fraction of sp³-hybridized carbons (Fsp3) is 0.708. The Morgan fingerprint density at radius 2 is 1.52 bits per heavy atom. The standard InChI is InChI=1S/C24H38N4O/c1-25-23-7-9-24(10-8-23)29-21-5-14-28-19-17-27(18-20-28)13-4-3-6-22-11-15-26(2)16-12-22/h7-10,22H,3-6,11-21H2,2H3. The summed E-state index contributed by atoms with van der Waals surface area (Å²) in [7, 11) is 2.25. The molecule has 0 saturated carbocycles. The Hall–Kier alpha value is -1.61. The van der Waals surface area contributed by atoms with Crippen molar-refractivity contribution in [3.63, 3.8) is 0 Å². The molecule has 0 unspecified atom stereocenters. The average molecular weight is 399 g/mol. The van der Waals surface area contributed by atoms with Crippen LogP contribution in [-0.4, -0.2) is 80.7 Å². The third kappa shape index (κ3) is 7.97. The average Bonchev–Trinajstić information content (AvgIpc) is 2.77. The minimum Gasteiger partial charge on any atom is -0.494 e. The third-order valence-electron chi connectivity index (χ3n) is 6.49. The Balaban J connectivity index is 1.18. The molecule has 0 spiro atoms. The van der Waals surface area contributed by atoms with E-state index in [1.807, 2.05) is 24.3 Å². The summed E-state index contributed by atoms with van der Waals surface area (Å²) in [5.74, 6) is 1.85. The lowest BCUT2D eigenvalue weighted by molar-refractivity contribution is 0.123. The molecule has 0 radical (unpaired) electrons. The second kappa shape index (κ2) is 12.2. The maximum Gasteiger partial charge on any atom is 0.187 e. The normalized spacial score (nSPS) is 19.9. The van der Waals surface area contributed by atoms with Gasteiger partial charge >= 0.3 is 0 Å². The van der Waals surface area contributed by atoms with Crippen molar-refractivity contribution in [1.82, 2.24) is 14.7 Å². The van der Waals surface area contributed by atoms with Crippen LogP contribution in [-0.2, 0) is 0 Å². The van der Waals surface area contributed by atoms with E-state index < -0.39 is 0 Å². The molecule has 29 heavy (non-hydrogen) atoms. The Kier molecular flexibility index (Phi) is 9.27. The van der Waals surface area contributed by atoms with Gasteiger partial charge in [-0.1, -0.05) is 25.0 Å². The molecule has 2 heterocycles. The fourth-order valence-electron chi connectivity index (χ4n) is 4.45. The molecule has 1 aromatic carbocycles. The van der Waals surface area contributed by atoms with Crippen molar-refractivity contribution in [3.8, 4) is 5.75 Å². The summed E-state index contributed by atoms with van der Waals surface area (Å²) in [5, 5.41) is 0. The van der Waals surface area contributed by atoms with Gasteiger partial charge in [-0.2, -0.15) is 0 Å². The number of hydrogen-bond acceptors (Lipinski definition) is 4. The summed E-state index contributed by atoms with van der Waals surface area (Å²) < 4.78 is 5.80. The smallest absolute Gasteiger partial charge is 0.187 e. The predicted molar refractivity (Wildman–Crippen MR) is 120 cm³/mol. The molecule has 2 fully saturated rings. The zero-order valence-electron chi connectivity index (χ0n) is 18.2. The molecule has 0 aliphatic carbocycles. The highest BCUT2D eigenvalue weighted by Crippen LogP contribution is 2.22. The number of benzene rings is 1. The molecule has 160 valence electrons. The SMILES string of the molecule is [C-]#[N+]c1ccc(OCCCN2CCN(CCCCC3CCN(C)CC3)CC2)cc1. The Morgan fingerprint density at radius 3 is 2.14 bits per heavy atom. The lowest BCUT2D eigenvalue weighted by atomic mass is 9.92. The molecule has 0 amide bonds. The maximum atomic E-state index is 6.98. The molecule has 0 bridgehead atoms. The van der Waals surface area contributed by atoms with E-state index in [1.54, 1.807) is 0 Å². The van der Waals surface area contributed by atoms with Crippen molar-refractivity contribution in [2.75, 3.05) is 66.0 Å². The first kappa shape index (κ1) is 22.1. The maximum absolute atomic E-state index is 6.98. The van der Waals surface area contributed by atoms with Gasteiger partial charge in [0.25, 0.3) is 0 Å². The summed E-state index contributed by atoms with van der Waals surface area (Å²) in [4.78, 5) is 11.1. The van der Waals surface area contributed by atoms with Crippen LogP contribution in [0.15, 0.2) is 24.3 Å². The minimum absolute atomic E-state index is 0.664. The van der Waals surface area contributed by atoms with Crippen molar-refractivity contribution in [2.45, 2.75) is 38.5 Å². The van der Waals surface area contributed by atoms with Gasteiger partial charge in [0.2, 0.25) is 0 Å². The predicted octanol–water partition coefficient (Wildman–Crippen LogP) is 4.14. The van der Waals surface area contributed by atoms with Crippen LogP contribution in [0.1, 0.15) is 38.5 Å². The number of rotatable bonds is 10. The van der Waals surface area contributed by atoms with Crippen LogP contribution in [0.4, 0.5) is 5.69 Å². The van der Waals surface area contributed by atoms with Crippen LogP contribution in [0, 0.1) is 12.5 Å². The van der Waals surface area contributed by atoms with Gasteiger partial charge in [-0.15, -0.1) is 0 Å². The molecule has 2 saturated heterocycles. The van der Waals surface area contributed by atoms with E-state index in [0.717, 1.165) is 31.2 Å². The van der Waals surface area contributed by atoms with Crippen molar-refractivity contribution in [2.24, 2.45) is 5.92 Å². The highest BCUT2D eigenvalue weighted by Gasteiger charge is 2.18. The molecular weight excluding hydrogens is 360 g/mol. The first-order valence-electron chi connectivity index (χ1n) is 11.5. The van der Waals surface area contributed by atoms with E-state index in [4.69, 9.17) is 11.3 Å². The van der Waals surface area contributed by atoms with E-state index in [0.29, 0.717) is 5.69 Å². The van der Waals surface area contributed by atoms with Crippen molar-refractivity contribution in [3.05, 3.63) is 35.7 Å². The van der Waals surface area contributed by atoms with Crippen LogP contribution >= 0.6 is 0 Å². The zero-order valence-corrected chi connectivity index (χ0v) is 18.2. The molecule has 3 rings (SSSR count). The van der Waals surface area contributed by atoms with Gasteiger partial charge < -0.3 is 19.4 Å². The summed E-state index contributed by atoms with van der Waals surface area (Å²) in [6.45, 7) is 17.5.